The smallest absolute Gasteiger partial charge is 0.224 e. The van der Waals surface area contributed by atoms with Crippen LogP contribution in [0.2, 0.25) is 0 Å². The maximum atomic E-state index is 12.3. The van der Waals surface area contributed by atoms with Crippen LogP contribution in [-0.4, -0.2) is 34.2 Å². The fourth-order valence-electron chi connectivity index (χ4n) is 3.24. The molecule has 0 spiro atoms. The van der Waals surface area contributed by atoms with Gasteiger partial charge in [-0.15, -0.1) is 12.4 Å². The monoisotopic (exact) mass is 363 g/mol. The second kappa shape index (κ2) is 8.97. The highest BCUT2D eigenvalue weighted by atomic mass is 35.5. The number of aromatic nitrogens is 3. The molecule has 1 aliphatic heterocycles. The number of halogens is 1. The van der Waals surface area contributed by atoms with Crippen LogP contribution in [0, 0.1) is 18.8 Å². The molecule has 0 saturated carbocycles. The Morgan fingerprint density at radius 3 is 2.96 bits per heavy atom. The molecule has 1 aliphatic rings. The number of amides is 1. The summed E-state index contributed by atoms with van der Waals surface area (Å²) in [6.07, 6.45) is 2.96. The van der Waals surface area contributed by atoms with Gasteiger partial charge >= 0.3 is 0 Å². The van der Waals surface area contributed by atoms with E-state index in [0.29, 0.717) is 24.1 Å². The Bertz CT molecular complexity index is 696. The molecule has 1 amide bonds. The van der Waals surface area contributed by atoms with Crippen LogP contribution in [0.4, 0.5) is 5.69 Å². The van der Waals surface area contributed by atoms with E-state index in [1.165, 1.54) is 12.8 Å². The average Bonchev–Trinajstić information content (AvgIpc) is 3.02. The van der Waals surface area contributed by atoms with Gasteiger partial charge < -0.3 is 10.6 Å². The normalized spacial score (nSPS) is 18.2. The molecule has 1 aromatic heterocycles. The first kappa shape index (κ1) is 19.4. The minimum atomic E-state index is 0. The maximum Gasteiger partial charge on any atom is 0.224 e. The van der Waals surface area contributed by atoms with Crippen molar-refractivity contribution in [2.24, 2.45) is 11.8 Å². The van der Waals surface area contributed by atoms with Crippen LogP contribution in [0.5, 0.6) is 0 Å². The number of piperidine rings is 1. The minimum Gasteiger partial charge on any atom is -0.326 e. The number of nitrogens with zero attached hydrogens (tertiary/aromatic N) is 2. The van der Waals surface area contributed by atoms with Crippen LogP contribution < -0.4 is 10.6 Å². The lowest BCUT2D eigenvalue weighted by molar-refractivity contribution is -0.117. The number of nitrogens with one attached hydrogen (secondary N) is 3. The fraction of sp³-hybridized carbons (Fsp3) is 0.500. The van der Waals surface area contributed by atoms with Gasteiger partial charge in [-0.25, -0.2) is 4.98 Å². The van der Waals surface area contributed by atoms with Gasteiger partial charge in [-0.05, 0) is 56.8 Å². The molecule has 7 heteroatoms. The molecular formula is C18H26ClN5O. The summed E-state index contributed by atoms with van der Waals surface area (Å²) in [7, 11) is 0. The second-order valence-corrected chi connectivity index (χ2v) is 6.66. The number of H-pyrrole nitrogens is 1. The van der Waals surface area contributed by atoms with Gasteiger partial charge in [-0.2, -0.15) is 5.10 Å². The van der Waals surface area contributed by atoms with Crippen molar-refractivity contribution in [3.05, 3.63) is 30.1 Å². The number of aromatic amines is 1. The van der Waals surface area contributed by atoms with Crippen molar-refractivity contribution in [3.8, 4) is 11.4 Å². The lowest BCUT2D eigenvalue weighted by atomic mass is 9.85. The summed E-state index contributed by atoms with van der Waals surface area (Å²) >= 11 is 0. The van der Waals surface area contributed by atoms with Crippen molar-refractivity contribution in [1.82, 2.24) is 20.5 Å². The second-order valence-electron chi connectivity index (χ2n) is 6.66. The topological polar surface area (TPSA) is 82.7 Å². The zero-order chi connectivity index (χ0) is 16.9. The van der Waals surface area contributed by atoms with Gasteiger partial charge in [0.1, 0.15) is 5.82 Å². The van der Waals surface area contributed by atoms with E-state index in [1.54, 1.807) is 0 Å². The van der Waals surface area contributed by atoms with Gasteiger partial charge in [0.25, 0.3) is 0 Å². The van der Waals surface area contributed by atoms with Crippen LogP contribution in [0.25, 0.3) is 11.4 Å². The van der Waals surface area contributed by atoms with Crippen molar-refractivity contribution >= 4 is 24.0 Å². The minimum absolute atomic E-state index is 0. The van der Waals surface area contributed by atoms with E-state index in [9.17, 15) is 4.79 Å². The molecule has 6 nitrogen and oxygen atoms in total. The van der Waals surface area contributed by atoms with Crippen LogP contribution in [0.3, 0.4) is 0 Å². The molecule has 1 aromatic carbocycles. The van der Waals surface area contributed by atoms with Gasteiger partial charge in [-0.1, -0.05) is 19.1 Å². The summed E-state index contributed by atoms with van der Waals surface area (Å²) in [6, 6.07) is 7.65. The average molecular weight is 364 g/mol. The van der Waals surface area contributed by atoms with Crippen molar-refractivity contribution in [2.75, 3.05) is 18.4 Å². The van der Waals surface area contributed by atoms with E-state index in [2.05, 4.69) is 32.7 Å². The summed E-state index contributed by atoms with van der Waals surface area (Å²) in [5.74, 6) is 2.46. The highest BCUT2D eigenvalue weighted by molar-refractivity contribution is 5.91. The van der Waals surface area contributed by atoms with Gasteiger partial charge in [0.05, 0.1) is 0 Å². The van der Waals surface area contributed by atoms with E-state index < -0.39 is 0 Å². The lowest BCUT2D eigenvalue weighted by Gasteiger charge is -2.28. The highest BCUT2D eigenvalue weighted by Gasteiger charge is 2.22. The third-order valence-corrected chi connectivity index (χ3v) is 4.65. The SMILES string of the molecule is Cc1nc(-c2cccc(NC(=O)CC(C)C3CCCNC3)c2)n[nH]1.Cl. The summed E-state index contributed by atoms with van der Waals surface area (Å²) in [5.41, 5.74) is 1.68. The predicted octanol–water partition coefficient (Wildman–Crippen LogP) is 3.17. The molecule has 2 atom stereocenters. The van der Waals surface area contributed by atoms with Crippen molar-refractivity contribution in [1.29, 1.82) is 0 Å². The molecule has 0 radical (unpaired) electrons. The molecule has 2 unspecified atom stereocenters. The van der Waals surface area contributed by atoms with Crippen LogP contribution in [-0.2, 0) is 4.79 Å². The highest BCUT2D eigenvalue weighted by Crippen LogP contribution is 2.24. The molecule has 0 aliphatic carbocycles. The summed E-state index contributed by atoms with van der Waals surface area (Å²) in [6.45, 7) is 6.16. The van der Waals surface area contributed by atoms with Crippen LogP contribution in [0.1, 0.15) is 32.0 Å². The zero-order valence-electron chi connectivity index (χ0n) is 14.7. The number of hydrogen-bond donors (Lipinski definition) is 3. The molecule has 25 heavy (non-hydrogen) atoms. The van der Waals surface area contributed by atoms with Gasteiger partial charge in [0.15, 0.2) is 5.82 Å². The molecule has 136 valence electrons. The Labute approximate surface area is 154 Å². The predicted molar refractivity (Wildman–Crippen MR) is 102 cm³/mol. The Hall–Kier alpha value is -1.92. The van der Waals surface area contributed by atoms with Crippen molar-refractivity contribution < 1.29 is 4.79 Å². The molecular weight excluding hydrogens is 338 g/mol. The first-order valence-corrected chi connectivity index (χ1v) is 8.62. The van der Waals surface area contributed by atoms with E-state index in [-0.39, 0.29) is 18.3 Å². The Morgan fingerprint density at radius 2 is 2.28 bits per heavy atom. The summed E-state index contributed by atoms with van der Waals surface area (Å²) in [5, 5.41) is 13.4. The van der Waals surface area contributed by atoms with Gasteiger partial charge in [-0.3, -0.25) is 9.89 Å². The molecule has 3 N–H and O–H groups in total. The Balaban J connectivity index is 0.00000225. The first-order valence-electron chi connectivity index (χ1n) is 8.62. The van der Waals surface area contributed by atoms with Gasteiger partial charge in [0, 0.05) is 17.7 Å². The Kier molecular flexibility index (Phi) is 6.96. The molecule has 1 saturated heterocycles. The Morgan fingerprint density at radius 1 is 1.44 bits per heavy atom. The van der Waals surface area contributed by atoms with Crippen molar-refractivity contribution in [2.45, 2.75) is 33.1 Å². The number of benzene rings is 1. The van der Waals surface area contributed by atoms with E-state index in [1.807, 2.05) is 31.2 Å². The molecule has 1 fully saturated rings. The third kappa shape index (κ3) is 5.28. The fourth-order valence-corrected chi connectivity index (χ4v) is 3.24. The number of carbonyl (C=O) groups excluding carboxylic acids is 1. The zero-order valence-corrected chi connectivity index (χ0v) is 15.5. The van der Waals surface area contributed by atoms with Crippen LogP contribution >= 0.6 is 12.4 Å². The standard InChI is InChI=1S/C18H25N5O.ClH/c1-12(15-6-4-8-19-11-15)9-17(24)21-16-7-3-5-14(10-16)18-20-13(2)22-23-18;/h3,5,7,10,12,15,19H,4,6,8-9,11H2,1-2H3,(H,21,24)(H,20,22,23);1H. The quantitative estimate of drug-likeness (QED) is 0.762. The number of rotatable bonds is 5. The molecule has 2 aromatic rings. The van der Waals surface area contributed by atoms with E-state index in [4.69, 9.17) is 0 Å². The third-order valence-electron chi connectivity index (χ3n) is 4.65. The molecule has 2 heterocycles. The largest absolute Gasteiger partial charge is 0.326 e. The number of anilines is 1. The first-order chi connectivity index (χ1) is 11.6. The summed E-state index contributed by atoms with van der Waals surface area (Å²) in [4.78, 5) is 16.7. The number of hydrogen-bond acceptors (Lipinski definition) is 4. The molecule has 0 bridgehead atoms. The maximum absolute atomic E-state index is 12.3. The number of aryl methyl sites for hydroxylation is 1. The van der Waals surface area contributed by atoms with E-state index in [0.717, 1.165) is 30.2 Å². The summed E-state index contributed by atoms with van der Waals surface area (Å²) < 4.78 is 0. The lowest BCUT2D eigenvalue weighted by Crippen LogP contribution is -2.34. The number of carbonyl (C=O) groups is 1. The van der Waals surface area contributed by atoms with Crippen LogP contribution in [0.15, 0.2) is 24.3 Å². The van der Waals surface area contributed by atoms with Crippen molar-refractivity contribution in [3.63, 3.8) is 0 Å². The van der Waals surface area contributed by atoms with Gasteiger partial charge in [0.2, 0.25) is 5.91 Å². The van der Waals surface area contributed by atoms with E-state index >= 15 is 0 Å². The molecule has 3 rings (SSSR count).